The maximum atomic E-state index is 13.7. The summed E-state index contributed by atoms with van der Waals surface area (Å²) in [5.41, 5.74) is 6.43. The number of carbonyl (C=O) groups is 1. The van der Waals surface area contributed by atoms with E-state index in [0.29, 0.717) is 11.7 Å². The highest BCUT2D eigenvalue weighted by Crippen LogP contribution is 2.48. The van der Waals surface area contributed by atoms with Gasteiger partial charge in [-0.3, -0.25) is 14.4 Å². The van der Waals surface area contributed by atoms with Crippen molar-refractivity contribution in [2.45, 2.75) is 105 Å². The maximum Gasteiger partial charge on any atom is 0.488 e. The minimum atomic E-state index is -3.95. The maximum absolute atomic E-state index is 13.7. The summed E-state index contributed by atoms with van der Waals surface area (Å²) < 4.78 is 25.1. The van der Waals surface area contributed by atoms with Crippen molar-refractivity contribution in [2.75, 3.05) is 7.11 Å². The van der Waals surface area contributed by atoms with E-state index < -0.39 is 7.75 Å². The van der Waals surface area contributed by atoms with Crippen LogP contribution in [0.2, 0.25) is 0 Å². The van der Waals surface area contributed by atoms with E-state index in [-0.39, 0.29) is 36.0 Å². The van der Waals surface area contributed by atoms with E-state index in [9.17, 15) is 9.36 Å². The van der Waals surface area contributed by atoms with Crippen LogP contribution in [0.1, 0.15) is 132 Å². The quantitative estimate of drug-likeness (QED) is 0.304. The lowest BCUT2D eigenvalue weighted by Crippen LogP contribution is -2.27. The van der Waals surface area contributed by atoms with Crippen LogP contribution in [0.3, 0.4) is 0 Å². The van der Waals surface area contributed by atoms with Crippen LogP contribution >= 0.6 is 7.75 Å². The van der Waals surface area contributed by atoms with Crippen LogP contribution in [-0.2, 0) is 20.3 Å². The number of hydrogen-bond acceptors (Lipinski definition) is 4. The van der Waals surface area contributed by atoms with Gasteiger partial charge in [-0.25, -0.2) is 4.57 Å². The molecular formula is C30H46NO4P. The first-order chi connectivity index (χ1) is 16.7. The molecule has 0 fully saturated rings. The molecule has 6 heteroatoms. The highest BCUT2D eigenvalue weighted by atomic mass is 31.2. The van der Waals surface area contributed by atoms with Crippen molar-refractivity contribution in [2.24, 2.45) is 0 Å². The Morgan fingerprint density at radius 3 is 1.58 bits per heavy atom. The Kier molecular flexibility index (Phi) is 10.4. The highest BCUT2D eigenvalue weighted by Gasteiger charge is 2.32. The molecule has 0 radical (unpaired) electrons. The molecule has 0 saturated heterocycles. The Morgan fingerprint density at radius 1 is 0.778 bits per heavy atom. The van der Waals surface area contributed by atoms with E-state index in [1.165, 1.54) is 12.7 Å². The molecule has 2 aromatic carbocycles. The predicted octanol–water partition coefficient (Wildman–Crippen LogP) is 8.80. The van der Waals surface area contributed by atoms with Crippen LogP contribution in [0, 0.1) is 0 Å². The number of para-hydroxylation sites is 1. The SMILES string of the molecule is COP(=O)(NC(=O)Cc1c(C(C)C)cc(C(C)C)cc1C(C)C)Oc1c(C(C)C)cccc1C(C)C. The number of hydrogen-bond donors (Lipinski definition) is 1. The van der Waals surface area contributed by atoms with Gasteiger partial charge in [0.05, 0.1) is 6.42 Å². The lowest BCUT2D eigenvalue weighted by atomic mass is 9.83. The van der Waals surface area contributed by atoms with Crippen LogP contribution in [0.15, 0.2) is 30.3 Å². The van der Waals surface area contributed by atoms with Crippen molar-refractivity contribution in [1.82, 2.24) is 5.09 Å². The Morgan fingerprint density at radius 2 is 1.22 bits per heavy atom. The molecule has 0 saturated carbocycles. The fourth-order valence-corrected chi connectivity index (χ4v) is 5.52. The van der Waals surface area contributed by atoms with Gasteiger partial charge in [0.1, 0.15) is 5.75 Å². The molecule has 0 spiro atoms. The van der Waals surface area contributed by atoms with Crippen LogP contribution in [0.25, 0.3) is 0 Å². The van der Waals surface area contributed by atoms with Crippen molar-refractivity contribution in [3.8, 4) is 5.75 Å². The van der Waals surface area contributed by atoms with Gasteiger partial charge >= 0.3 is 7.75 Å². The molecule has 0 aliphatic carbocycles. The number of nitrogens with one attached hydrogen (secondary N) is 1. The lowest BCUT2D eigenvalue weighted by Gasteiger charge is -2.25. The van der Waals surface area contributed by atoms with Crippen molar-refractivity contribution in [3.63, 3.8) is 0 Å². The summed E-state index contributed by atoms with van der Waals surface area (Å²) in [4.78, 5) is 13.3. The smallest absolute Gasteiger partial charge is 0.408 e. The molecule has 1 unspecified atom stereocenters. The summed E-state index contributed by atoms with van der Waals surface area (Å²) in [6.07, 6.45) is 0.110. The van der Waals surface area contributed by atoms with Crippen LogP contribution in [-0.4, -0.2) is 13.0 Å². The topological polar surface area (TPSA) is 64.6 Å². The summed E-state index contributed by atoms with van der Waals surface area (Å²) >= 11 is 0. The molecule has 2 aromatic rings. The largest absolute Gasteiger partial charge is 0.488 e. The molecule has 36 heavy (non-hydrogen) atoms. The molecule has 0 aliphatic heterocycles. The molecule has 0 aliphatic rings. The molecule has 0 bridgehead atoms. The second-order valence-corrected chi connectivity index (χ2v) is 13.0. The van der Waals surface area contributed by atoms with Gasteiger partial charge in [-0.05, 0) is 63.0 Å². The summed E-state index contributed by atoms with van der Waals surface area (Å²) in [5.74, 6) is 1.35. The third-order valence-electron chi connectivity index (χ3n) is 6.62. The molecule has 200 valence electrons. The van der Waals surface area contributed by atoms with E-state index in [4.69, 9.17) is 9.05 Å². The zero-order valence-electron chi connectivity index (χ0n) is 24.1. The highest BCUT2D eigenvalue weighted by molar-refractivity contribution is 7.52. The van der Waals surface area contributed by atoms with Crippen molar-refractivity contribution >= 4 is 13.7 Å². The molecule has 5 nitrogen and oxygen atoms in total. The molecule has 1 N–H and O–H groups in total. The Balaban J connectivity index is 2.45. The minimum absolute atomic E-state index is 0.110. The summed E-state index contributed by atoms with van der Waals surface area (Å²) in [5, 5.41) is 2.61. The van der Waals surface area contributed by atoms with Crippen LogP contribution in [0.4, 0.5) is 0 Å². The zero-order chi connectivity index (χ0) is 27.4. The first-order valence-electron chi connectivity index (χ1n) is 13.2. The van der Waals surface area contributed by atoms with Gasteiger partial charge in [0, 0.05) is 7.11 Å². The average Bonchev–Trinajstić information content (AvgIpc) is 2.78. The lowest BCUT2D eigenvalue weighted by molar-refractivity contribution is -0.119. The van der Waals surface area contributed by atoms with E-state index >= 15 is 0 Å². The first-order valence-corrected chi connectivity index (χ1v) is 14.7. The monoisotopic (exact) mass is 515 g/mol. The van der Waals surface area contributed by atoms with Gasteiger partial charge in [0.2, 0.25) is 5.91 Å². The normalized spacial score (nSPS) is 13.7. The summed E-state index contributed by atoms with van der Waals surface area (Å²) in [6, 6.07) is 10.3. The Labute approximate surface area is 219 Å². The van der Waals surface area contributed by atoms with Gasteiger partial charge in [0.15, 0.2) is 0 Å². The number of carbonyl (C=O) groups excluding carboxylic acids is 1. The minimum Gasteiger partial charge on any atom is -0.408 e. The van der Waals surface area contributed by atoms with Gasteiger partial charge in [-0.1, -0.05) is 99.6 Å². The standard InChI is InChI=1S/C30H46NO4P/c1-18(2)23-15-26(21(7)8)28(27(16-23)22(9)10)17-29(32)31-36(33,34-11)35-30-24(19(3)4)13-12-14-25(30)20(5)6/h12-16,18-22H,17H2,1-11H3,(H,31,32,33). The molecule has 1 atom stereocenters. The average molecular weight is 516 g/mol. The third-order valence-corrected chi connectivity index (χ3v) is 8.05. The van der Waals surface area contributed by atoms with E-state index in [0.717, 1.165) is 27.8 Å². The predicted molar refractivity (Wildman–Crippen MR) is 150 cm³/mol. The van der Waals surface area contributed by atoms with Crippen molar-refractivity contribution in [3.05, 3.63) is 63.7 Å². The van der Waals surface area contributed by atoms with E-state index in [1.54, 1.807) is 0 Å². The molecule has 0 heterocycles. The molecule has 0 aromatic heterocycles. The summed E-state index contributed by atoms with van der Waals surface area (Å²) in [7, 11) is -2.64. The van der Waals surface area contributed by atoms with E-state index in [2.05, 4.69) is 86.5 Å². The van der Waals surface area contributed by atoms with Crippen molar-refractivity contribution < 1.29 is 18.4 Å². The van der Waals surface area contributed by atoms with Gasteiger partial charge in [0.25, 0.3) is 0 Å². The fourth-order valence-electron chi connectivity index (χ4n) is 4.48. The van der Waals surface area contributed by atoms with Gasteiger partial charge in [-0.15, -0.1) is 0 Å². The molecule has 1 amide bonds. The number of benzene rings is 2. The molecular weight excluding hydrogens is 469 g/mol. The van der Waals surface area contributed by atoms with Gasteiger partial charge in [-0.2, -0.15) is 0 Å². The number of rotatable bonds is 11. The second kappa shape index (κ2) is 12.4. The number of amides is 1. The van der Waals surface area contributed by atoms with E-state index in [1.807, 2.05) is 18.2 Å². The molecule has 2 rings (SSSR count). The van der Waals surface area contributed by atoms with Crippen LogP contribution in [0.5, 0.6) is 5.75 Å². The third kappa shape index (κ3) is 7.23. The van der Waals surface area contributed by atoms with Crippen LogP contribution < -0.4 is 9.61 Å². The summed E-state index contributed by atoms with van der Waals surface area (Å²) in [6.45, 7) is 21.2. The zero-order valence-corrected chi connectivity index (χ0v) is 25.0. The first kappa shape index (κ1) is 30.1. The Bertz CT molecular complexity index is 1050. The second-order valence-electron chi connectivity index (χ2n) is 11.2. The van der Waals surface area contributed by atoms with Crippen molar-refractivity contribution in [1.29, 1.82) is 0 Å². The fraction of sp³-hybridized carbons (Fsp3) is 0.567. The van der Waals surface area contributed by atoms with Gasteiger partial charge < -0.3 is 4.52 Å². The Hall–Kier alpha value is -2.10.